The maximum atomic E-state index is 5.42. The lowest BCUT2D eigenvalue weighted by molar-refractivity contribution is 0.308. The molecule has 0 atom stereocenters. The smallest absolute Gasteiger partial charge is 0.194 e. The fourth-order valence-corrected chi connectivity index (χ4v) is 3.36. The van der Waals surface area contributed by atoms with E-state index in [1.165, 1.54) is 9.88 Å². The summed E-state index contributed by atoms with van der Waals surface area (Å²) in [5, 5.41) is 1.21. The fraction of sp³-hybridized carbons (Fsp3) is 0.357. The maximum Gasteiger partial charge on any atom is 0.194 e. The van der Waals surface area contributed by atoms with Crippen molar-refractivity contribution in [3.8, 4) is 0 Å². The van der Waals surface area contributed by atoms with E-state index in [1.807, 2.05) is 6.92 Å². The molecule has 0 spiro atoms. The number of nitrogens with zero attached hydrogens (tertiary/aromatic N) is 2. The van der Waals surface area contributed by atoms with E-state index in [-0.39, 0.29) is 5.41 Å². The Morgan fingerprint density at radius 3 is 2.83 bits per heavy atom. The van der Waals surface area contributed by atoms with Crippen LogP contribution in [0, 0.1) is 12.3 Å². The summed E-state index contributed by atoms with van der Waals surface area (Å²) in [4.78, 5) is 5.57. The van der Waals surface area contributed by atoms with Crippen LogP contribution in [-0.2, 0) is 4.74 Å². The number of ether oxygens (including phenoxy) is 1. The van der Waals surface area contributed by atoms with Gasteiger partial charge in [-0.1, -0.05) is 25.2 Å². The molecule has 2 aromatic rings. The van der Waals surface area contributed by atoms with Crippen LogP contribution in [0.15, 0.2) is 18.0 Å². The standard InChI is InChI=1S/C14H16N2OS/c1-9-8-16-11-7-14(2,3)6-10(17-4)5-12(11)18-13(16)15-9/h5-8H,1-4H3. The second-order valence-electron chi connectivity index (χ2n) is 5.25. The molecule has 4 heteroatoms. The van der Waals surface area contributed by atoms with Crippen LogP contribution in [0.2, 0.25) is 0 Å². The van der Waals surface area contributed by atoms with Gasteiger partial charge < -0.3 is 4.74 Å². The van der Waals surface area contributed by atoms with E-state index in [0.29, 0.717) is 0 Å². The third-order valence-electron chi connectivity index (χ3n) is 3.04. The number of allylic oxidation sites excluding steroid dienone is 2. The zero-order valence-corrected chi connectivity index (χ0v) is 11.8. The quantitative estimate of drug-likeness (QED) is 0.782. The number of aryl methyl sites for hydroxylation is 1. The molecule has 3 nitrogen and oxygen atoms in total. The SMILES string of the molecule is COC1=CC(C)(C)C=c2c(sc3nc(C)cn23)=C1. The first kappa shape index (κ1) is 11.5. The zero-order valence-electron chi connectivity index (χ0n) is 11.0. The van der Waals surface area contributed by atoms with E-state index < -0.39 is 0 Å². The lowest BCUT2D eigenvalue weighted by atomic mass is 9.93. The average molecular weight is 260 g/mol. The molecule has 0 aliphatic heterocycles. The second-order valence-corrected chi connectivity index (χ2v) is 6.26. The summed E-state index contributed by atoms with van der Waals surface area (Å²) in [6, 6.07) is 0. The van der Waals surface area contributed by atoms with Crippen molar-refractivity contribution in [1.82, 2.24) is 9.38 Å². The highest BCUT2D eigenvalue weighted by Gasteiger charge is 2.17. The van der Waals surface area contributed by atoms with Gasteiger partial charge in [0.2, 0.25) is 0 Å². The molecule has 0 N–H and O–H groups in total. The third kappa shape index (κ3) is 1.77. The van der Waals surface area contributed by atoms with Crippen molar-refractivity contribution in [2.24, 2.45) is 5.41 Å². The minimum absolute atomic E-state index is 0.0285. The lowest BCUT2D eigenvalue weighted by Crippen LogP contribution is -2.26. The number of hydrogen-bond donors (Lipinski definition) is 0. The summed E-state index contributed by atoms with van der Waals surface area (Å²) in [6.45, 7) is 6.39. The van der Waals surface area contributed by atoms with Crippen LogP contribution in [0.4, 0.5) is 0 Å². The zero-order chi connectivity index (χ0) is 12.9. The van der Waals surface area contributed by atoms with E-state index in [0.717, 1.165) is 16.4 Å². The summed E-state index contributed by atoms with van der Waals surface area (Å²) in [5.41, 5.74) is 1.03. The van der Waals surface area contributed by atoms with E-state index in [9.17, 15) is 0 Å². The van der Waals surface area contributed by atoms with E-state index >= 15 is 0 Å². The van der Waals surface area contributed by atoms with Gasteiger partial charge in [-0.25, -0.2) is 4.98 Å². The van der Waals surface area contributed by atoms with Gasteiger partial charge >= 0.3 is 0 Å². The summed E-state index contributed by atoms with van der Waals surface area (Å²) in [6.07, 6.45) is 8.60. The van der Waals surface area contributed by atoms with Gasteiger partial charge in [0.25, 0.3) is 0 Å². The van der Waals surface area contributed by atoms with Gasteiger partial charge in [0.15, 0.2) is 4.96 Å². The normalized spacial score (nSPS) is 17.4. The van der Waals surface area contributed by atoms with Gasteiger partial charge in [0, 0.05) is 11.6 Å². The van der Waals surface area contributed by atoms with Crippen molar-refractivity contribution in [2.45, 2.75) is 20.8 Å². The fourth-order valence-electron chi connectivity index (χ4n) is 2.28. The first-order chi connectivity index (χ1) is 8.48. The average Bonchev–Trinajstić information content (AvgIpc) is 2.71. The first-order valence-corrected chi connectivity index (χ1v) is 6.76. The predicted octanol–water partition coefficient (Wildman–Crippen LogP) is 1.84. The molecule has 0 saturated carbocycles. The molecular weight excluding hydrogens is 244 g/mol. The summed E-state index contributed by atoms with van der Waals surface area (Å²) < 4.78 is 8.79. The van der Waals surface area contributed by atoms with Gasteiger partial charge in [-0.3, -0.25) is 4.40 Å². The minimum atomic E-state index is -0.0285. The monoisotopic (exact) mass is 260 g/mol. The van der Waals surface area contributed by atoms with Crippen LogP contribution in [0.1, 0.15) is 19.5 Å². The molecule has 0 amide bonds. The van der Waals surface area contributed by atoms with Crippen molar-refractivity contribution < 1.29 is 4.74 Å². The van der Waals surface area contributed by atoms with Crippen molar-refractivity contribution in [1.29, 1.82) is 0 Å². The molecule has 0 unspecified atom stereocenters. The largest absolute Gasteiger partial charge is 0.497 e. The van der Waals surface area contributed by atoms with Crippen molar-refractivity contribution in [3.63, 3.8) is 0 Å². The Hall–Kier alpha value is -1.55. The van der Waals surface area contributed by atoms with Crippen LogP contribution in [0.25, 0.3) is 17.1 Å². The lowest BCUT2D eigenvalue weighted by Gasteiger charge is -2.14. The summed E-state index contributed by atoms with van der Waals surface area (Å²) in [7, 11) is 1.71. The number of imidazole rings is 1. The van der Waals surface area contributed by atoms with Crippen LogP contribution in [0.3, 0.4) is 0 Å². The molecule has 0 radical (unpaired) electrons. The first-order valence-electron chi connectivity index (χ1n) is 5.94. The van der Waals surface area contributed by atoms with Crippen LogP contribution >= 0.6 is 11.3 Å². The molecule has 0 saturated heterocycles. The van der Waals surface area contributed by atoms with Gasteiger partial charge in [-0.05, 0) is 25.2 Å². The Morgan fingerprint density at radius 2 is 2.11 bits per heavy atom. The molecule has 1 aliphatic rings. The van der Waals surface area contributed by atoms with Gasteiger partial charge in [-0.2, -0.15) is 0 Å². The number of methoxy groups -OCH3 is 1. The molecule has 3 rings (SSSR count). The molecule has 2 aromatic heterocycles. The Labute approximate surface area is 110 Å². The highest BCUT2D eigenvalue weighted by molar-refractivity contribution is 7.15. The minimum Gasteiger partial charge on any atom is -0.497 e. The predicted molar refractivity (Wildman–Crippen MR) is 74.9 cm³/mol. The van der Waals surface area contributed by atoms with Gasteiger partial charge in [0.05, 0.1) is 22.7 Å². The highest BCUT2D eigenvalue weighted by atomic mass is 32.1. The molecule has 0 aromatic carbocycles. The van der Waals surface area contributed by atoms with Crippen molar-refractivity contribution >= 4 is 28.4 Å². The van der Waals surface area contributed by atoms with Gasteiger partial charge in [0.1, 0.15) is 5.76 Å². The number of aromatic nitrogens is 2. The van der Waals surface area contributed by atoms with Gasteiger partial charge in [-0.15, -0.1) is 0 Å². The Balaban J connectivity index is 2.42. The summed E-state index contributed by atoms with van der Waals surface area (Å²) in [5.74, 6) is 0.913. The van der Waals surface area contributed by atoms with Crippen LogP contribution in [-0.4, -0.2) is 16.5 Å². The maximum absolute atomic E-state index is 5.42. The van der Waals surface area contributed by atoms with E-state index in [2.05, 4.69) is 47.7 Å². The Kier molecular flexibility index (Phi) is 2.38. The van der Waals surface area contributed by atoms with Crippen LogP contribution < -0.4 is 9.88 Å². The molecule has 0 bridgehead atoms. The molecule has 2 heterocycles. The highest BCUT2D eigenvalue weighted by Crippen LogP contribution is 2.23. The topological polar surface area (TPSA) is 26.5 Å². The molecular formula is C14H16N2OS. The van der Waals surface area contributed by atoms with E-state index in [1.54, 1.807) is 18.4 Å². The molecule has 18 heavy (non-hydrogen) atoms. The number of thiazole rings is 1. The Bertz CT molecular complexity index is 762. The second kappa shape index (κ2) is 3.72. The van der Waals surface area contributed by atoms with E-state index in [4.69, 9.17) is 4.74 Å². The Morgan fingerprint density at radius 1 is 1.33 bits per heavy atom. The van der Waals surface area contributed by atoms with Crippen molar-refractivity contribution in [2.75, 3.05) is 7.11 Å². The third-order valence-corrected chi connectivity index (χ3v) is 4.06. The molecule has 94 valence electrons. The number of hydrogen-bond acceptors (Lipinski definition) is 3. The van der Waals surface area contributed by atoms with Crippen molar-refractivity contribution in [3.05, 3.63) is 33.6 Å². The number of rotatable bonds is 1. The van der Waals surface area contributed by atoms with Crippen LogP contribution in [0.5, 0.6) is 0 Å². The number of fused-ring (bicyclic) bond motifs is 3. The summed E-state index contributed by atoms with van der Waals surface area (Å²) >= 11 is 1.70. The molecule has 1 aliphatic carbocycles. The molecule has 0 fully saturated rings.